The van der Waals surface area contributed by atoms with Gasteiger partial charge in [-0.05, 0) is 32.9 Å². The summed E-state index contributed by atoms with van der Waals surface area (Å²) in [4.78, 5) is 26.5. The van der Waals surface area contributed by atoms with E-state index >= 15 is 0 Å². The van der Waals surface area contributed by atoms with Crippen molar-refractivity contribution in [1.29, 1.82) is 0 Å². The van der Waals surface area contributed by atoms with E-state index in [0.717, 1.165) is 0 Å². The van der Waals surface area contributed by atoms with Crippen LogP contribution in [0.25, 0.3) is 11.0 Å². The summed E-state index contributed by atoms with van der Waals surface area (Å²) in [6.45, 7) is 5.37. The van der Waals surface area contributed by atoms with Gasteiger partial charge in [-0.25, -0.2) is 9.59 Å². The normalized spacial score (nSPS) is 11.4. The number of nitrogens with zero attached hydrogens (tertiary/aromatic N) is 1. The van der Waals surface area contributed by atoms with Crippen LogP contribution in [0.15, 0.2) is 29.1 Å². The van der Waals surface area contributed by atoms with Crippen molar-refractivity contribution in [2.45, 2.75) is 26.4 Å². The highest BCUT2D eigenvalue weighted by Gasteiger charge is 2.17. The number of nitrogens with one attached hydrogen (secondary N) is 2. The van der Waals surface area contributed by atoms with Crippen LogP contribution in [0.3, 0.4) is 0 Å². The summed E-state index contributed by atoms with van der Waals surface area (Å²) in [6.07, 6.45) is -0.572. The highest BCUT2D eigenvalue weighted by Crippen LogP contribution is 2.09. The van der Waals surface area contributed by atoms with Crippen molar-refractivity contribution >= 4 is 34.3 Å². The molecule has 0 radical (unpaired) electrons. The van der Waals surface area contributed by atoms with Gasteiger partial charge in [0.2, 0.25) is 0 Å². The second-order valence-electron chi connectivity index (χ2n) is 5.53. The number of carbonyl (C=O) groups excluding carboxylic acids is 1. The van der Waals surface area contributed by atoms with E-state index in [-0.39, 0.29) is 12.2 Å². The van der Waals surface area contributed by atoms with Crippen molar-refractivity contribution in [3.63, 3.8) is 0 Å². The van der Waals surface area contributed by atoms with Crippen molar-refractivity contribution in [2.75, 3.05) is 6.54 Å². The highest BCUT2D eigenvalue weighted by atomic mass is 32.1. The number of para-hydroxylation sites is 2. The van der Waals surface area contributed by atoms with Crippen LogP contribution >= 0.6 is 12.2 Å². The van der Waals surface area contributed by atoms with E-state index in [1.165, 1.54) is 4.57 Å². The van der Waals surface area contributed by atoms with E-state index < -0.39 is 11.7 Å². The first-order valence-electron chi connectivity index (χ1n) is 6.48. The summed E-state index contributed by atoms with van der Waals surface area (Å²) in [5, 5.41) is 2.54. The summed E-state index contributed by atoms with van der Waals surface area (Å²) in [7, 11) is 0. The lowest BCUT2D eigenvalue weighted by Crippen LogP contribution is -2.38. The number of carbonyl (C=O) groups is 1. The molecule has 0 saturated carbocycles. The molecule has 1 amide bonds. The minimum Gasteiger partial charge on any atom is -0.444 e. The zero-order valence-electron chi connectivity index (χ0n) is 12.1. The Hall–Kier alpha value is -2.15. The number of alkyl carbamates (subject to hydrolysis) is 1. The van der Waals surface area contributed by atoms with E-state index in [1.54, 1.807) is 32.9 Å². The highest BCUT2D eigenvalue weighted by molar-refractivity contribution is 7.80. The quantitative estimate of drug-likeness (QED) is 0.832. The molecule has 0 aliphatic rings. The van der Waals surface area contributed by atoms with Crippen molar-refractivity contribution < 1.29 is 9.53 Å². The van der Waals surface area contributed by atoms with Crippen LogP contribution in [0.2, 0.25) is 0 Å². The van der Waals surface area contributed by atoms with Gasteiger partial charge in [0.05, 0.1) is 17.6 Å². The first kappa shape index (κ1) is 15.2. The second-order valence-corrected chi connectivity index (χ2v) is 6.00. The third-order valence-corrected chi connectivity index (χ3v) is 2.95. The van der Waals surface area contributed by atoms with Gasteiger partial charge in [0, 0.05) is 0 Å². The average Bonchev–Trinajstić information content (AvgIpc) is 2.70. The van der Waals surface area contributed by atoms with E-state index in [9.17, 15) is 9.59 Å². The Morgan fingerprint density at radius 3 is 2.71 bits per heavy atom. The SMILES string of the molecule is CC(C)(C)OC(=O)NCC(=S)n1c(=O)[nH]c2ccccc21. The first-order valence-corrected chi connectivity index (χ1v) is 6.88. The molecular formula is C14H17N3O3S. The lowest BCUT2D eigenvalue weighted by molar-refractivity contribution is 0.0536. The van der Waals surface area contributed by atoms with Crippen molar-refractivity contribution in [2.24, 2.45) is 0 Å². The van der Waals surface area contributed by atoms with Crippen molar-refractivity contribution in [3.8, 4) is 0 Å². The molecule has 0 aliphatic carbocycles. The molecule has 0 saturated heterocycles. The zero-order valence-corrected chi connectivity index (χ0v) is 12.9. The van der Waals surface area contributed by atoms with Crippen LogP contribution in [0.4, 0.5) is 4.79 Å². The van der Waals surface area contributed by atoms with Gasteiger partial charge in [-0.3, -0.25) is 4.57 Å². The molecule has 0 fully saturated rings. The summed E-state index contributed by atoms with van der Waals surface area (Å²) in [5.41, 5.74) is 0.469. The zero-order chi connectivity index (χ0) is 15.6. The maximum atomic E-state index is 11.9. The first-order chi connectivity index (χ1) is 9.78. The number of imidazole rings is 1. The van der Waals surface area contributed by atoms with E-state index in [0.29, 0.717) is 16.0 Å². The van der Waals surface area contributed by atoms with Gasteiger partial charge < -0.3 is 15.0 Å². The molecule has 0 atom stereocenters. The third-order valence-electron chi connectivity index (χ3n) is 2.62. The molecule has 0 aliphatic heterocycles. The third kappa shape index (κ3) is 3.69. The van der Waals surface area contributed by atoms with Gasteiger partial charge in [-0.2, -0.15) is 0 Å². The molecule has 2 N–H and O–H groups in total. The predicted molar refractivity (Wildman–Crippen MR) is 84.8 cm³/mol. The summed E-state index contributed by atoms with van der Waals surface area (Å²) in [5.74, 6) is 0. The Kier molecular flexibility index (Phi) is 4.13. The summed E-state index contributed by atoms with van der Waals surface area (Å²) in [6, 6.07) is 7.21. The smallest absolute Gasteiger partial charge is 0.408 e. The Balaban J connectivity index is 2.11. The fourth-order valence-electron chi connectivity index (χ4n) is 1.84. The minimum absolute atomic E-state index is 0.0476. The largest absolute Gasteiger partial charge is 0.444 e. The average molecular weight is 307 g/mol. The molecule has 21 heavy (non-hydrogen) atoms. The number of aromatic amines is 1. The Morgan fingerprint density at radius 1 is 1.38 bits per heavy atom. The second kappa shape index (κ2) is 5.69. The number of hydrogen-bond donors (Lipinski definition) is 2. The van der Waals surface area contributed by atoms with Gasteiger partial charge in [-0.1, -0.05) is 24.4 Å². The maximum Gasteiger partial charge on any atom is 0.408 e. The number of benzene rings is 1. The fourth-order valence-corrected chi connectivity index (χ4v) is 2.10. The van der Waals surface area contributed by atoms with Gasteiger partial charge in [0.15, 0.2) is 0 Å². The van der Waals surface area contributed by atoms with E-state index in [1.807, 2.05) is 12.1 Å². The minimum atomic E-state index is -0.580. The molecule has 1 aromatic heterocycles. The maximum absolute atomic E-state index is 11.9. The number of rotatable bonds is 2. The van der Waals surface area contributed by atoms with Gasteiger partial charge in [-0.15, -0.1) is 0 Å². The molecule has 1 heterocycles. The monoisotopic (exact) mass is 307 g/mol. The van der Waals surface area contributed by atoms with Crippen molar-refractivity contribution in [3.05, 3.63) is 34.7 Å². The number of H-pyrrole nitrogens is 1. The van der Waals surface area contributed by atoms with Crippen LogP contribution in [-0.2, 0) is 4.74 Å². The van der Waals surface area contributed by atoms with E-state index in [2.05, 4.69) is 10.3 Å². The molecule has 1 aromatic carbocycles. The fraction of sp³-hybridized carbons (Fsp3) is 0.357. The standard InChI is InChI=1S/C14H17N3O3S/c1-14(2,3)20-13(19)15-8-11(21)17-10-7-5-4-6-9(10)16-12(17)18/h4-7H,8H2,1-3H3,(H,15,19)(H,16,18). The number of amides is 1. The lowest BCUT2D eigenvalue weighted by atomic mass is 10.2. The van der Waals surface area contributed by atoms with Gasteiger partial charge in [0.25, 0.3) is 0 Å². The summed E-state index contributed by atoms with van der Waals surface area (Å²) < 4.78 is 6.48. The molecule has 112 valence electrons. The van der Waals surface area contributed by atoms with Crippen LogP contribution in [0, 0.1) is 0 Å². The molecule has 2 aromatic rings. The molecule has 0 spiro atoms. The molecule has 0 bridgehead atoms. The van der Waals surface area contributed by atoms with E-state index in [4.69, 9.17) is 17.0 Å². The number of fused-ring (bicyclic) bond motifs is 1. The van der Waals surface area contributed by atoms with Crippen LogP contribution in [0.5, 0.6) is 0 Å². The predicted octanol–water partition coefficient (Wildman–Crippen LogP) is 2.03. The van der Waals surface area contributed by atoms with Gasteiger partial charge >= 0.3 is 11.8 Å². The number of thiocarbonyl (C=S) groups is 1. The number of ether oxygens (including phenoxy) is 1. The van der Waals surface area contributed by atoms with Crippen molar-refractivity contribution in [1.82, 2.24) is 14.9 Å². The van der Waals surface area contributed by atoms with Crippen LogP contribution in [0.1, 0.15) is 20.8 Å². The lowest BCUT2D eigenvalue weighted by Gasteiger charge is -2.19. The number of aromatic nitrogens is 2. The Bertz CT molecular complexity index is 740. The summed E-state index contributed by atoms with van der Waals surface area (Å²) >= 11 is 5.22. The topological polar surface area (TPSA) is 76.1 Å². The molecular weight excluding hydrogens is 290 g/mol. The Morgan fingerprint density at radius 2 is 2.05 bits per heavy atom. The van der Waals surface area contributed by atoms with Crippen LogP contribution < -0.4 is 11.0 Å². The van der Waals surface area contributed by atoms with Crippen LogP contribution in [-0.4, -0.2) is 32.8 Å². The molecule has 6 nitrogen and oxygen atoms in total. The Labute approximate surface area is 127 Å². The molecule has 7 heteroatoms. The molecule has 2 rings (SSSR count). The number of hydrogen-bond acceptors (Lipinski definition) is 4. The molecule has 0 unspecified atom stereocenters. The van der Waals surface area contributed by atoms with Gasteiger partial charge in [0.1, 0.15) is 10.6 Å².